The van der Waals surface area contributed by atoms with Crippen molar-refractivity contribution in [3.05, 3.63) is 105 Å². The van der Waals surface area contributed by atoms with Crippen LogP contribution < -0.4 is 4.90 Å². The van der Waals surface area contributed by atoms with E-state index in [0.29, 0.717) is 11.1 Å². The van der Waals surface area contributed by atoms with Gasteiger partial charge in [-0.25, -0.2) is 8.78 Å². The zero-order valence-electron chi connectivity index (χ0n) is 16.3. The highest BCUT2D eigenvalue weighted by Crippen LogP contribution is 2.42. The quantitative estimate of drug-likeness (QED) is 0.297. The lowest BCUT2D eigenvalue weighted by atomic mass is 9.94. The van der Waals surface area contributed by atoms with Crippen LogP contribution in [0.15, 0.2) is 76.8 Å². The Bertz CT molecular complexity index is 1220. The molecule has 1 N–H and O–H groups in total. The molecule has 1 fully saturated rings. The summed E-state index contributed by atoms with van der Waals surface area (Å²) in [5, 5.41) is 11.0. The molecule has 0 bridgehead atoms. The number of hydrogen-bond donors (Lipinski definition) is 1. The van der Waals surface area contributed by atoms with E-state index >= 15 is 0 Å². The maximum absolute atomic E-state index is 13.5. The molecule has 1 saturated heterocycles. The molecular weight excluding hydrogens is 468 g/mol. The van der Waals surface area contributed by atoms with E-state index in [1.807, 2.05) is 6.92 Å². The summed E-state index contributed by atoms with van der Waals surface area (Å²) in [6.07, 6.45) is 0. The number of amides is 1. The number of halogens is 3. The van der Waals surface area contributed by atoms with E-state index in [0.717, 1.165) is 10.0 Å². The Hall–Kier alpha value is -3.32. The minimum Gasteiger partial charge on any atom is -0.507 e. The molecule has 31 heavy (non-hydrogen) atoms. The Morgan fingerprint density at radius 3 is 2.10 bits per heavy atom. The van der Waals surface area contributed by atoms with E-state index in [1.165, 1.54) is 53.4 Å². The van der Waals surface area contributed by atoms with Gasteiger partial charge in [0, 0.05) is 15.7 Å². The van der Waals surface area contributed by atoms with Crippen LogP contribution in [0, 0.1) is 18.6 Å². The second kappa shape index (κ2) is 8.07. The molecule has 0 aliphatic carbocycles. The topological polar surface area (TPSA) is 57.6 Å². The third-order valence-corrected chi connectivity index (χ3v) is 6.06. The van der Waals surface area contributed by atoms with Crippen molar-refractivity contribution in [2.24, 2.45) is 0 Å². The number of Topliss-reactive ketones (excluding diaryl/α,β-unsaturated/α-hetero) is 1. The van der Waals surface area contributed by atoms with Crippen LogP contribution in [0.2, 0.25) is 0 Å². The number of ketones is 1. The van der Waals surface area contributed by atoms with Crippen LogP contribution in [0.4, 0.5) is 14.5 Å². The fourth-order valence-electron chi connectivity index (χ4n) is 3.61. The van der Waals surface area contributed by atoms with Gasteiger partial charge in [-0.15, -0.1) is 0 Å². The Labute approximate surface area is 185 Å². The zero-order valence-corrected chi connectivity index (χ0v) is 17.9. The number of benzene rings is 3. The molecule has 1 atom stereocenters. The van der Waals surface area contributed by atoms with E-state index in [1.54, 1.807) is 18.2 Å². The molecule has 4 rings (SSSR count). The molecule has 7 heteroatoms. The van der Waals surface area contributed by atoms with Crippen molar-refractivity contribution in [2.75, 3.05) is 4.90 Å². The average Bonchev–Trinajstić information content (AvgIpc) is 3.01. The maximum Gasteiger partial charge on any atom is 0.300 e. The Morgan fingerprint density at radius 2 is 1.52 bits per heavy atom. The van der Waals surface area contributed by atoms with Crippen molar-refractivity contribution >= 4 is 39.1 Å². The molecular formula is C24H16BrF2NO3. The van der Waals surface area contributed by atoms with Crippen LogP contribution >= 0.6 is 15.9 Å². The molecule has 0 saturated carbocycles. The van der Waals surface area contributed by atoms with Crippen LogP contribution in [0.3, 0.4) is 0 Å². The monoisotopic (exact) mass is 483 g/mol. The first kappa shape index (κ1) is 20.9. The fraction of sp³-hybridized carbons (Fsp3) is 0.0833. The number of carbonyl (C=O) groups excluding carboxylic acids is 2. The number of aryl methyl sites for hydroxylation is 1. The number of rotatable bonds is 3. The number of hydrogen-bond acceptors (Lipinski definition) is 3. The van der Waals surface area contributed by atoms with E-state index in [2.05, 4.69) is 15.9 Å². The lowest BCUT2D eigenvalue weighted by Crippen LogP contribution is -2.29. The first-order valence-electron chi connectivity index (χ1n) is 9.36. The number of aliphatic hydroxyl groups is 1. The van der Waals surface area contributed by atoms with Gasteiger partial charge in [-0.3, -0.25) is 14.5 Å². The van der Waals surface area contributed by atoms with Gasteiger partial charge < -0.3 is 5.11 Å². The first-order valence-corrected chi connectivity index (χ1v) is 10.2. The zero-order chi connectivity index (χ0) is 22.3. The summed E-state index contributed by atoms with van der Waals surface area (Å²) in [7, 11) is 0. The SMILES string of the molecule is Cc1cc(/C(O)=C2/C(=O)C(=O)N(c3ccc(F)cc3)C2c2ccc(F)cc2)ccc1Br. The van der Waals surface area contributed by atoms with Gasteiger partial charge in [-0.2, -0.15) is 0 Å². The van der Waals surface area contributed by atoms with Crippen molar-refractivity contribution in [1.82, 2.24) is 0 Å². The summed E-state index contributed by atoms with van der Waals surface area (Å²) in [4.78, 5) is 27.2. The number of carbonyl (C=O) groups is 2. The number of anilines is 1. The molecule has 0 aromatic heterocycles. The molecule has 1 aliphatic rings. The van der Waals surface area contributed by atoms with Gasteiger partial charge in [-0.05, 0) is 66.6 Å². The van der Waals surface area contributed by atoms with Gasteiger partial charge in [0.05, 0.1) is 11.6 Å². The number of nitrogens with zero attached hydrogens (tertiary/aromatic N) is 1. The molecule has 1 amide bonds. The molecule has 3 aromatic carbocycles. The van der Waals surface area contributed by atoms with Crippen LogP contribution in [-0.4, -0.2) is 16.8 Å². The van der Waals surface area contributed by atoms with Crippen molar-refractivity contribution in [3.8, 4) is 0 Å². The summed E-state index contributed by atoms with van der Waals surface area (Å²) in [5.74, 6) is -3.06. The molecule has 0 radical (unpaired) electrons. The summed E-state index contributed by atoms with van der Waals surface area (Å²) in [5.41, 5.74) is 1.78. The summed E-state index contributed by atoms with van der Waals surface area (Å²) < 4.78 is 27.8. The van der Waals surface area contributed by atoms with Crippen LogP contribution in [0.5, 0.6) is 0 Å². The van der Waals surface area contributed by atoms with E-state index in [4.69, 9.17) is 0 Å². The maximum atomic E-state index is 13.5. The highest BCUT2D eigenvalue weighted by Gasteiger charge is 2.47. The Kier molecular flexibility index (Phi) is 5.45. The Morgan fingerprint density at radius 1 is 0.935 bits per heavy atom. The predicted molar refractivity (Wildman–Crippen MR) is 116 cm³/mol. The summed E-state index contributed by atoms with van der Waals surface area (Å²) in [6.45, 7) is 1.83. The van der Waals surface area contributed by atoms with Crippen molar-refractivity contribution in [2.45, 2.75) is 13.0 Å². The molecule has 156 valence electrons. The van der Waals surface area contributed by atoms with Gasteiger partial charge in [-0.1, -0.05) is 34.1 Å². The van der Waals surface area contributed by atoms with Gasteiger partial charge >= 0.3 is 0 Å². The molecule has 0 spiro atoms. The highest BCUT2D eigenvalue weighted by atomic mass is 79.9. The highest BCUT2D eigenvalue weighted by molar-refractivity contribution is 9.10. The second-order valence-corrected chi connectivity index (χ2v) is 8.02. The first-order chi connectivity index (χ1) is 14.8. The van der Waals surface area contributed by atoms with Crippen molar-refractivity contribution < 1.29 is 23.5 Å². The third-order valence-electron chi connectivity index (χ3n) is 5.17. The number of aliphatic hydroxyl groups excluding tert-OH is 1. The molecule has 4 nitrogen and oxygen atoms in total. The van der Waals surface area contributed by atoms with Gasteiger partial charge in [0.15, 0.2) is 0 Å². The largest absolute Gasteiger partial charge is 0.507 e. The lowest BCUT2D eigenvalue weighted by Gasteiger charge is -2.25. The van der Waals surface area contributed by atoms with Crippen molar-refractivity contribution in [1.29, 1.82) is 0 Å². The van der Waals surface area contributed by atoms with Gasteiger partial charge in [0.1, 0.15) is 17.4 Å². The minimum absolute atomic E-state index is 0.123. The van der Waals surface area contributed by atoms with E-state index in [-0.39, 0.29) is 17.0 Å². The molecule has 1 unspecified atom stereocenters. The van der Waals surface area contributed by atoms with Crippen molar-refractivity contribution in [3.63, 3.8) is 0 Å². The molecule has 3 aromatic rings. The minimum atomic E-state index is -1.00. The van der Waals surface area contributed by atoms with Gasteiger partial charge in [0.25, 0.3) is 11.7 Å². The van der Waals surface area contributed by atoms with Gasteiger partial charge in [0.2, 0.25) is 0 Å². The smallest absolute Gasteiger partial charge is 0.300 e. The Balaban J connectivity index is 1.94. The summed E-state index contributed by atoms with van der Waals surface area (Å²) in [6, 6.07) is 14.5. The normalized spacial score (nSPS) is 17.9. The average molecular weight is 484 g/mol. The van der Waals surface area contributed by atoms with Crippen LogP contribution in [0.1, 0.15) is 22.7 Å². The van der Waals surface area contributed by atoms with E-state index < -0.39 is 29.4 Å². The standard InChI is InChI=1S/C24H16BrF2NO3/c1-13-12-15(4-11-19(13)25)22(29)20-21(14-2-5-16(26)6-3-14)28(24(31)23(20)30)18-9-7-17(27)8-10-18/h2-12,21,29H,1H3/b22-20-. The van der Waals surface area contributed by atoms with E-state index in [9.17, 15) is 23.5 Å². The van der Waals surface area contributed by atoms with Crippen LogP contribution in [-0.2, 0) is 9.59 Å². The fourth-order valence-corrected chi connectivity index (χ4v) is 3.86. The lowest BCUT2D eigenvalue weighted by molar-refractivity contribution is -0.132. The second-order valence-electron chi connectivity index (χ2n) is 7.16. The molecule has 1 heterocycles. The third kappa shape index (κ3) is 3.77. The predicted octanol–water partition coefficient (Wildman–Crippen LogP) is 5.66. The molecule has 1 aliphatic heterocycles. The van der Waals surface area contributed by atoms with Crippen LogP contribution in [0.25, 0.3) is 5.76 Å². The summed E-state index contributed by atoms with van der Waals surface area (Å²) >= 11 is 3.39.